The van der Waals surface area contributed by atoms with Gasteiger partial charge in [0.25, 0.3) is 0 Å². The van der Waals surface area contributed by atoms with Gasteiger partial charge in [-0.25, -0.2) is 4.39 Å². The zero-order valence-electron chi connectivity index (χ0n) is 13.0. The Labute approximate surface area is 136 Å². The molecule has 0 spiro atoms. The van der Waals surface area contributed by atoms with E-state index in [4.69, 9.17) is 5.73 Å². The van der Waals surface area contributed by atoms with E-state index >= 15 is 0 Å². The summed E-state index contributed by atoms with van der Waals surface area (Å²) in [5, 5.41) is 0. The number of nitrogens with zero attached hydrogens (tertiary/aromatic N) is 1. The van der Waals surface area contributed by atoms with Gasteiger partial charge in [-0.2, -0.15) is 0 Å². The molecule has 1 aromatic rings. The van der Waals surface area contributed by atoms with E-state index in [2.05, 4.69) is 34.7 Å². The third-order valence-electron chi connectivity index (χ3n) is 5.01. The molecule has 2 N–H and O–H groups in total. The van der Waals surface area contributed by atoms with Gasteiger partial charge in [-0.1, -0.05) is 48.7 Å². The smallest absolute Gasteiger partial charge is 0.124 e. The quantitative estimate of drug-likeness (QED) is 0.830. The third kappa shape index (κ3) is 3.49. The maximum atomic E-state index is 13.2. The van der Waals surface area contributed by atoms with Crippen molar-refractivity contribution in [2.24, 2.45) is 5.73 Å². The number of hydrogen-bond acceptors (Lipinski definition) is 2. The zero-order valence-corrected chi connectivity index (χ0v) is 14.6. The molecule has 2 rings (SSSR count). The van der Waals surface area contributed by atoms with Crippen molar-refractivity contribution in [3.8, 4) is 0 Å². The first kappa shape index (κ1) is 16.9. The van der Waals surface area contributed by atoms with Crippen LogP contribution < -0.4 is 5.73 Å². The van der Waals surface area contributed by atoms with Gasteiger partial charge < -0.3 is 5.73 Å². The zero-order chi connectivity index (χ0) is 15.5. The van der Waals surface area contributed by atoms with Gasteiger partial charge in [0.05, 0.1) is 0 Å². The lowest BCUT2D eigenvalue weighted by atomic mass is 9.83. The van der Waals surface area contributed by atoms with E-state index in [1.807, 2.05) is 6.07 Å². The number of halogens is 2. The Morgan fingerprint density at radius 1 is 1.29 bits per heavy atom. The molecule has 0 aromatic heterocycles. The monoisotopic (exact) mass is 356 g/mol. The van der Waals surface area contributed by atoms with Crippen molar-refractivity contribution in [1.29, 1.82) is 0 Å². The van der Waals surface area contributed by atoms with Gasteiger partial charge >= 0.3 is 0 Å². The molecule has 1 aromatic carbocycles. The summed E-state index contributed by atoms with van der Waals surface area (Å²) in [6, 6.07) is 4.98. The van der Waals surface area contributed by atoms with Crippen molar-refractivity contribution in [2.45, 2.75) is 57.5 Å². The van der Waals surface area contributed by atoms with Gasteiger partial charge in [0.2, 0.25) is 0 Å². The Morgan fingerprint density at radius 2 is 1.90 bits per heavy atom. The molecule has 1 aliphatic carbocycles. The Kier molecular flexibility index (Phi) is 5.81. The van der Waals surface area contributed by atoms with Gasteiger partial charge in [-0.15, -0.1) is 0 Å². The van der Waals surface area contributed by atoms with Crippen LogP contribution in [-0.4, -0.2) is 29.6 Å². The molecule has 1 aliphatic rings. The number of hydrogen-bond donors (Lipinski definition) is 1. The molecule has 118 valence electrons. The lowest BCUT2D eigenvalue weighted by molar-refractivity contribution is 0.0771. The summed E-state index contributed by atoms with van der Waals surface area (Å²) in [6.07, 6.45) is 5.66. The normalized spacial score (nSPS) is 19.1. The SMILES string of the molecule is CCN(CC)C1(C(N)Cc2ccc(F)cc2Br)CCCC1. The van der Waals surface area contributed by atoms with Gasteiger partial charge in [0, 0.05) is 16.1 Å². The van der Waals surface area contributed by atoms with Gasteiger partial charge in [0.1, 0.15) is 5.82 Å². The minimum absolute atomic E-state index is 0.0849. The van der Waals surface area contributed by atoms with Crippen LogP contribution in [0.1, 0.15) is 45.1 Å². The lowest BCUT2D eigenvalue weighted by Crippen LogP contribution is -2.59. The second-order valence-corrected chi connectivity index (χ2v) is 6.88. The van der Waals surface area contributed by atoms with E-state index in [0.717, 1.165) is 29.5 Å². The highest BCUT2D eigenvalue weighted by Gasteiger charge is 2.43. The fourth-order valence-electron chi connectivity index (χ4n) is 3.88. The molecule has 1 fully saturated rings. The molecule has 0 radical (unpaired) electrons. The second-order valence-electron chi connectivity index (χ2n) is 6.03. The number of rotatable bonds is 6. The Hall–Kier alpha value is -0.450. The Balaban J connectivity index is 2.21. The third-order valence-corrected chi connectivity index (χ3v) is 5.75. The van der Waals surface area contributed by atoms with Crippen LogP contribution in [0.2, 0.25) is 0 Å². The molecule has 0 heterocycles. The maximum absolute atomic E-state index is 13.2. The van der Waals surface area contributed by atoms with Crippen molar-refractivity contribution >= 4 is 15.9 Å². The summed E-state index contributed by atoms with van der Waals surface area (Å²) in [4.78, 5) is 2.53. The molecular weight excluding hydrogens is 331 g/mol. The van der Waals surface area contributed by atoms with Gasteiger partial charge in [-0.3, -0.25) is 4.90 Å². The number of benzene rings is 1. The average Bonchev–Trinajstić information content (AvgIpc) is 2.94. The molecule has 21 heavy (non-hydrogen) atoms. The first-order valence-electron chi connectivity index (χ1n) is 7.98. The van der Waals surface area contributed by atoms with Crippen LogP contribution in [0, 0.1) is 5.82 Å². The van der Waals surface area contributed by atoms with Gasteiger partial charge in [0.15, 0.2) is 0 Å². The fourth-order valence-corrected chi connectivity index (χ4v) is 4.39. The molecular formula is C17H26BrFN2. The molecule has 0 aliphatic heterocycles. The van der Waals surface area contributed by atoms with E-state index in [1.54, 1.807) is 0 Å². The molecule has 1 atom stereocenters. The Bertz CT molecular complexity index is 468. The van der Waals surface area contributed by atoms with Crippen molar-refractivity contribution in [3.63, 3.8) is 0 Å². The predicted molar refractivity (Wildman–Crippen MR) is 89.9 cm³/mol. The van der Waals surface area contributed by atoms with Crippen LogP contribution in [0.15, 0.2) is 22.7 Å². The van der Waals surface area contributed by atoms with Crippen molar-refractivity contribution < 1.29 is 4.39 Å². The predicted octanol–water partition coefficient (Wildman–Crippen LogP) is 4.11. The van der Waals surface area contributed by atoms with E-state index in [-0.39, 0.29) is 17.4 Å². The summed E-state index contributed by atoms with van der Waals surface area (Å²) in [5.74, 6) is -0.210. The highest BCUT2D eigenvalue weighted by atomic mass is 79.9. The van der Waals surface area contributed by atoms with Crippen LogP contribution in [-0.2, 0) is 6.42 Å². The molecule has 1 unspecified atom stereocenters. The van der Waals surface area contributed by atoms with Crippen LogP contribution in [0.4, 0.5) is 4.39 Å². The molecule has 0 bridgehead atoms. The van der Waals surface area contributed by atoms with E-state index in [0.29, 0.717) is 0 Å². The first-order chi connectivity index (χ1) is 10.0. The first-order valence-corrected chi connectivity index (χ1v) is 8.77. The minimum Gasteiger partial charge on any atom is -0.326 e. The fraction of sp³-hybridized carbons (Fsp3) is 0.647. The van der Waals surface area contributed by atoms with Crippen LogP contribution in [0.3, 0.4) is 0 Å². The summed E-state index contributed by atoms with van der Waals surface area (Å²) in [7, 11) is 0. The van der Waals surface area contributed by atoms with E-state index in [1.165, 1.54) is 37.8 Å². The molecule has 0 amide bonds. The topological polar surface area (TPSA) is 29.3 Å². The maximum Gasteiger partial charge on any atom is 0.124 e. The Morgan fingerprint density at radius 3 is 2.43 bits per heavy atom. The summed E-state index contributed by atoms with van der Waals surface area (Å²) in [6.45, 7) is 6.50. The van der Waals surface area contributed by atoms with Crippen LogP contribution in [0.5, 0.6) is 0 Å². The average molecular weight is 357 g/mol. The summed E-state index contributed by atoms with van der Waals surface area (Å²) in [5.41, 5.74) is 7.86. The molecule has 0 saturated heterocycles. The van der Waals surface area contributed by atoms with Crippen LogP contribution in [0.25, 0.3) is 0 Å². The van der Waals surface area contributed by atoms with Crippen molar-refractivity contribution in [3.05, 3.63) is 34.1 Å². The number of nitrogens with two attached hydrogens (primary N) is 1. The second kappa shape index (κ2) is 7.21. The highest BCUT2D eigenvalue weighted by molar-refractivity contribution is 9.10. The standard InChI is InChI=1S/C17H26BrFN2/c1-3-21(4-2)17(9-5-6-10-17)16(20)11-13-7-8-14(19)12-15(13)18/h7-8,12,16H,3-6,9-11,20H2,1-2H3. The summed E-state index contributed by atoms with van der Waals surface area (Å²) < 4.78 is 14.1. The van der Waals surface area contributed by atoms with Crippen molar-refractivity contribution in [2.75, 3.05) is 13.1 Å². The van der Waals surface area contributed by atoms with Crippen LogP contribution >= 0.6 is 15.9 Å². The van der Waals surface area contributed by atoms with Crippen molar-refractivity contribution in [1.82, 2.24) is 4.90 Å². The molecule has 2 nitrogen and oxygen atoms in total. The lowest BCUT2D eigenvalue weighted by Gasteiger charge is -2.45. The van der Waals surface area contributed by atoms with E-state index < -0.39 is 0 Å². The van der Waals surface area contributed by atoms with E-state index in [9.17, 15) is 4.39 Å². The minimum atomic E-state index is -0.210. The number of likely N-dealkylation sites (N-methyl/N-ethyl adjacent to an activating group) is 1. The molecule has 1 saturated carbocycles. The summed E-state index contributed by atoms with van der Waals surface area (Å²) >= 11 is 3.46. The molecule has 4 heteroatoms. The van der Waals surface area contributed by atoms with Gasteiger partial charge in [-0.05, 0) is 50.0 Å². The largest absolute Gasteiger partial charge is 0.326 e. The highest BCUT2D eigenvalue weighted by Crippen LogP contribution is 2.38.